The predicted octanol–water partition coefficient (Wildman–Crippen LogP) is 3.77. The van der Waals surface area contributed by atoms with Gasteiger partial charge in [0.2, 0.25) is 0 Å². The third-order valence-corrected chi connectivity index (χ3v) is 3.47. The Bertz CT molecular complexity index is 453. The Morgan fingerprint density at radius 3 is 2.67 bits per heavy atom. The van der Waals surface area contributed by atoms with Gasteiger partial charge in [0.1, 0.15) is 0 Å². The van der Waals surface area contributed by atoms with Crippen LogP contribution in [0.1, 0.15) is 43.2 Å². The van der Waals surface area contributed by atoms with Crippen LogP contribution in [0.3, 0.4) is 0 Å². The first-order valence-corrected chi connectivity index (χ1v) is 6.17. The summed E-state index contributed by atoms with van der Waals surface area (Å²) >= 11 is 0. The van der Waals surface area contributed by atoms with E-state index in [0.29, 0.717) is 24.8 Å². The predicted molar refractivity (Wildman–Crippen MR) is 63.7 cm³/mol. The number of carboxylic acids is 1. The average molecular weight is 254 g/mol. The maximum absolute atomic E-state index is 13.9. The highest BCUT2D eigenvalue weighted by Crippen LogP contribution is 2.49. The van der Waals surface area contributed by atoms with Crippen molar-refractivity contribution in [1.29, 1.82) is 0 Å². The molecule has 1 aromatic carbocycles. The number of hydrogen-bond donors (Lipinski definition) is 1. The van der Waals surface area contributed by atoms with E-state index in [1.54, 1.807) is 13.0 Å². The molecular weight excluding hydrogens is 238 g/mol. The molecule has 98 valence electrons. The zero-order chi connectivity index (χ0) is 13.3. The molecule has 1 saturated carbocycles. The quantitative estimate of drug-likeness (QED) is 0.868. The summed E-state index contributed by atoms with van der Waals surface area (Å²) in [5.74, 6) is -5.07. The van der Waals surface area contributed by atoms with E-state index >= 15 is 0 Å². The summed E-state index contributed by atoms with van der Waals surface area (Å²) in [4.78, 5) is 11.1. The molecule has 0 aliphatic heterocycles. The molecule has 2 rings (SSSR count). The van der Waals surface area contributed by atoms with Crippen molar-refractivity contribution in [2.45, 2.75) is 38.0 Å². The van der Waals surface area contributed by atoms with Gasteiger partial charge in [-0.2, -0.15) is 0 Å². The van der Waals surface area contributed by atoms with Gasteiger partial charge in [0.05, 0.1) is 5.92 Å². The standard InChI is InChI=1S/C14H16F2O2/c1-2-12(13(17)18)9-4-3-5-11(8-9)14(15,16)10-6-7-10/h3-5,8,10,12H,2,6-7H2,1H3,(H,17,18). The lowest BCUT2D eigenvalue weighted by atomic mass is 9.93. The highest BCUT2D eigenvalue weighted by molar-refractivity contribution is 5.76. The van der Waals surface area contributed by atoms with Crippen molar-refractivity contribution >= 4 is 5.97 Å². The number of carboxylic acid groups (broad SMARTS) is 1. The third kappa shape index (κ3) is 2.37. The summed E-state index contributed by atoms with van der Waals surface area (Å²) in [6, 6.07) is 5.86. The molecule has 0 bridgehead atoms. The molecule has 0 heterocycles. The SMILES string of the molecule is CCC(C(=O)O)c1cccc(C(F)(F)C2CC2)c1. The van der Waals surface area contributed by atoms with E-state index in [1.807, 2.05) is 0 Å². The molecule has 1 N–H and O–H groups in total. The number of carbonyl (C=O) groups is 1. The molecule has 0 aromatic heterocycles. The smallest absolute Gasteiger partial charge is 0.310 e. The van der Waals surface area contributed by atoms with E-state index in [9.17, 15) is 13.6 Å². The fourth-order valence-electron chi connectivity index (χ4n) is 2.20. The van der Waals surface area contributed by atoms with Gasteiger partial charge in [0, 0.05) is 11.5 Å². The monoisotopic (exact) mass is 254 g/mol. The minimum Gasteiger partial charge on any atom is -0.481 e. The summed E-state index contributed by atoms with van der Waals surface area (Å²) in [6.45, 7) is 1.74. The van der Waals surface area contributed by atoms with Gasteiger partial charge in [-0.3, -0.25) is 4.79 Å². The van der Waals surface area contributed by atoms with Crippen molar-refractivity contribution in [2.75, 3.05) is 0 Å². The topological polar surface area (TPSA) is 37.3 Å². The first-order valence-electron chi connectivity index (χ1n) is 6.17. The molecule has 1 fully saturated rings. The first kappa shape index (κ1) is 13.0. The van der Waals surface area contributed by atoms with Crippen molar-refractivity contribution in [2.24, 2.45) is 5.92 Å². The maximum Gasteiger partial charge on any atom is 0.310 e. The van der Waals surface area contributed by atoms with Crippen LogP contribution in [0.5, 0.6) is 0 Å². The summed E-state index contributed by atoms with van der Waals surface area (Å²) in [6.07, 6.45) is 1.49. The summed E-state index contributed by atoms with van der Waals surface area (Å²) in [5, 5.41) is 9.05. The van der Waals surface area contributed by atoms with Crippen LogP contribution in [0.25, 0.3) is 0 Å². The van der Waals surface area contributed by atoms with Crippen LogP contribution >= 0.6 is 0 Å². The summed E-state index contributed by atoms with van der Waals surface area (Å²) in [7, 11) is 0. The van der Waals surface area contributed by atoms with Crippen LogP contribution in [-0.2, 0) is 10.7 Å². The molecule has 1 aliphatic carbocycles. The van der Waals surface area contributed by atoms with Crippen molar-refractivity contribution in [3.05, 3.63) is 35.4 Å². The van der Waals surface area contributed by atoms with Crippen molar-refractivity contribution in [3.8, 4) is 0 Å². The van der Waals surface area contributed by atoms with Crippen LogP contribution in [0.2, 0.25) is 0 Å². The molecule has 2 nitrogen and oxygen atoms in total. The maximum atomic E-state index is 13.9. The highest BCUT2D eigenvalue weighted by atomic mass is 19.3. The lowest BCUT2D eigenvalue weighted by molar-refractivity contribution is -0.138. The second-order valence-corrected chi connectivity index (χ2v) is 4.82. The van der Waals surface area contributed by atoms with Crippen LogP contribution in [-0.4, -0.2) is 11.1 Å². The van der Waals surface area contributed by atoms with E-state index in [2.05, 4.69) is 0 Å². The van der Waals surface area contributed by atoms with Gasteiger partial charge in [-0.15, -0.1) is 0 Å². The number of benzene rings is 1. The van der Waals surface area contributed by atoms with Crippen LogP contribution in [0.15, 0.2) is 24.3 Å². The Morgan fingerprint density at radius 2 is 2.17 bits per heavy atom. The third-order valence-electron chi connectivity index (χ3n) is 3.47. The van der Waals surface area contributed by atoms with Gasteiger partial charge < -0.3 is 5.11 Å². The van der Waals surface area contributed by atoms with E-state index in [1.165, 1.54) is 18.2 Å². The number of hydrogen-bond acceptors (Lipinski definition) is 1. The lowest BCUT2D eigenvalue weighted by Crippen LogP contribution is -2.17. The van der Waals surface area contributed by atoms with Gasteiger partial charge in [-0.05, 0) is 30.9 Å². The van der Waals surface area contributed by atoms with Gasteiger partial charge >= 0.3 is 5.97 Å². The molecule has 1 unspecified atom stereocenters. The second-order valence-electron chi connectivity index (χ2n) is 4.82. The van der Waals surface area contributed by atoms with Crippen LogP contribution < -0.4 is 0 Å². The number of aliphatic carboxylic acids is 1. The second kappa shape index (κ2) is 4.67. The summed E-state index contributed by atoms with van der Waals surface area (Å²) in [5.41, 5.74) is 0.407. The molecule has 0 saturated heterocycles. The van der Waals surface area contributed by atoms with Gasteiger partial charge in [0.15, 0.2) is 0 Å². The molecule has 0 amide bonds. The van der Waals surface area contributed by atoms with E-state index < -0.39 is 23.7 Å². The van der Waals surface area contributed by atoms with Crippen LogP contribution in [0.4, 0.5) is 8.78 Å². The molecule has 1 aliphatic rings. The minimum absolute atomic E-state index is 0.0535. The number of alkyl halides is 2. The molecule has 1 atom stereocenters. The van der Waals surface area contributed by atoms with Crippen LogP contribution in [0, 0.1) is 5.92 Å². The zero-order valence-corrected chi connectivity index (χ0v) is 10.2. The number of rotatable bonds is 5. The first-order chi connectivity index (χ1) is 8.46. The molecule has 1 aromatic rings. The number of halogens is 2. The Hall–Kier alpha value is -1.45. The van der Waals surface area contributed by atoms with E-state index in [0.717, 1.165) is 0 Å². The van der Waals surface area contributed by atoms with Gasteiger partial charge in [-0.25, -0.2) is 8.78 Å². The van der Waals surface area contributed by atoms with E-state index in [-0.39, 0.29) is 5.56 Å². The Labute approximate surface area is 105 Å². The van der Waals surface area contributed by atoms with Crippen molar-refractivity contribution < 1.29 is 18.7 Å². The molecule has 0 spiro atoms. The summed E-state index contributed by atoms with van der Waals surface area (Å²) < 4.78 is 27.9. The molecule has 0 radical (unpaired) electrons. The Balaban J connectivity index is 2.32. The molecular formula is C14H16F2O2. The van der Waals surface area contributed by atoms with Crippen molar-refractivity contribution in [1.82, 2.24) is 0 Å². The van der Waals surface area contributed by atoms with Gasteiger partial charge in [-0.1, -0.05) is 25.1 Å². The molecule has 18 heavy (non-hydrogen) atoms. The highest BCUT2D eigenvalue weighted by Gasteiger charge is 2.48. The largest absolute Gasteiger partial charge is 0.481 e. The minimum atomic E-state index is -2.83. The van der Waals surface area contributed by atoms with Crippen molar-refractivity contribution in [3.63, 3.8) is 0 Å². The Kier molecular flexibility index (Phi) is 3.37. The molecule has 4 heteroatoms. The van der Waals surface area contributed by atoms with Gasteiger partial charge in [0.25, 0.3) is 5.92 Å². The normalized spacial score (nSPS) is 17.5. The Morgan fingerprint density at radius 1 is 1.50 bits per heavy atom. The zero-order valence-electron chi connectivity index (χ0n) is 10.2. The fraction of sp³-hybridized carbons (Fsp3) is 0.500. The lowest BCUT2D eigenvalue weighted by Gasteiger charge is -2.18. The average Bonchev–Trinajstić information content (AvgIpc) is 3.14. The fourth-order valence-corrected chi connectivity index (χ4v) is 2.20. The van der Waals surface area contributed by atoms with E-state index in [4.69, 9.17) is 5.11 Å².